The van der Waals surface area contributed by atoms with E-state index in [0.717, 1.165) is 27.7 Å². The molecule has 0 atom stereocenters. The Balaban J connectivity index is 2.41. The van der Waals surface area contributed by atoms with E-state index in [1.807, 2.05) is 62.4 Å². The van der Waals surface area contributed by atoms with Gasteiger partial charge in [-0.25, -0.2) is 0 Å². The standard InChI is InChI=1S/C17H15NO/c1-12-8-9-14-11-13(2)18(17(19)16(14)10-12)15-6-4-3-5-7-15/h3-11H,1-2H3. The van der Waals surface area contributed by atoms with Gasteiger partial charge in [0.05, 0.1) is 0 Å². The van der Waals surface area contributed by atoms with Gasteiger partial charge in [0, 0.05) is 16.8 Å². The molecule has 2 aromatic carbocycles. The third kappa shape index (κ3) is 1.95. The number of aryl methyl sites for hydroxylation is 2. The molecule has 0 saturated carbocycles. The van der Waals surface area contributed by atoms with Gasteiger partial charge in [-0.05, 0) is 43.5 Å². The summed E-state index contributed by atoms with van der Waals surface area (Å²) in [6, 6.07) is 17.8. The Kier molecular flexibility index (Phi) is 2.71. The van der Waals surface area contributed by atoms with Crippen LogP contribution in [0.3, 0.4) is 0 Å². The van der Waals surface area contributed by atoms with Crippen LogP contribution in [0.25, 0.3) is 16.5 Å². The maximum absolute atomic E-state index is 12.7. The molecule has 19 heavy (non-hydrogen) atoms. The Morgan fingerprint density at radius 1 is 0.895 bits per heavy atom. The predicted molar refractivity (Wildman–Crippen MR) is 79.0 cm³/mol. The monoisotopic (exact) mass is 249 g/mol. The Bertz CT molecular complexity index is 801. The van der Waals surface area contributed by atoms with Gasteiger partial charge in [0.15, 0.2) is 0 Å². The zero-order chi connectivity index (χ0) is 13.4. The van der Waals surface area contributed by atoms with Crippen LogP contribution in [-0.2, 0) is 0 Å². The molecule has 0 fully saturated rings. The van der Waals surface area contributed by atoms with Crippen molar-refractivity contribution in [3.8, 4) is 5.69 Å². The first-order valence-corrected chi connectivity index (χ1v) is 6.35. The summed E-state index contributed by atoms with van der Waals surface area (Å²) >= 11 is 0. The van der Waals surface area contributed by atoms with Gasteiger partial charge in [0.1, 0.15) is 0 Å². The molecule has 0 N–H and O–H groups in total. The smallest absolute Gasteiger partial charge is 0.263 e. The number of hydrogen-bond donors (Lipinski definition) is 0. The summed E-state index contributed by atoms with van der Waals surface area (Å²) < 4.78 is 1.77. The quantitative estimate of drug-likeness (QED) is 0.645. The molecule has 3 rings (SSSR count). The zero-order valence-electron chi connectivity index (χ0n) is 11.1. The number of para-hydroxylation sites is 1. The minimum atomic E-state index is 0.0462. The molecule has 0 aliphatic heterocycles. The lowest BCUT2D eigenvalue weighted by atomic mass is 10.1. The van der Waals surface area contributed by atoms with Crippen molar-refractivity contribution in [2.24, 2.45) is 0 Å². The van der Waals surface area contributed by atoms with Gasteiger partial charge < -0.3 is 0 Å². The maximum Gasteiger partial charge on any atom is 0.263 e. The van der Waals surface area contributed by atoms with Crippen LogP contribution < -0.4 is 5.56 Å². The molecule has 0 radical (unpaired) electrons. The van der Waals surface area contributed by atoms with E-state index in [2.05, 4.69) is 6.07 Å². The average molecular weight is 249 g/mol. The van der Waals surface area contributed by atoms with Crippen molar-refractivity contribution in [2.75, 3.05) is 0 Å². The highest BCUT2D eigenvalue weighted by molar-refractivity contribution is 5.83. The van der Waals surface area contributed by atoms with Gasteiger partial charge in [-0.2, -0.15) is 0 Å². The van der Waals surface area contributed by atoms with Crippen LogP contribution in [0.5, 0.6) is 0 Å². The number of hydrogen-bond acceptors (Lipinski definition) is 1. The molecule has 0 bridgehead atoms. The highest BCUT2D eigenvalue weighted by Gasteiger charge is 2.08. The van der Waals surface area contributed by atoms with E-state index in [1.54, 1.807) is 4.57 Å². The lowest BCUT2D eigenvalue weighted by molar-refractivity contribution is 0.950. The number of nitrogens with zero attached hydrogens (tertiary/aromatic N) is 1. The number of benzene rings is 2. The number of aromatic nitrogens is 1. The van der Waals surface area contributed by atoms with Crippen molar-refractivity contribution in [3.63, 3.8) is 0 Å². The van der Waals surface area contributed by atoms with Gasteiger partial charge in [-0.3, -0.25) is 9.36 Å². The molecule has 0 spiro atoms. The largest absolute Gasteiger partial charge is 0.281 e. The molecular weight excluding hydrogens is 234 g/mol. The van der Waals surface area contributed by atoms with E-state index >= 15 is 0 Å². The number of pyridine rings is 1. The molecule has 0 saturated heterocycles. The summed E-state index contributed by atoms with van der Waals surface area (Å²) in [5.74, 6) is 0. The second kappa shape index (κ2) is 4.39. The zero-order valence-corrected chi connectivity index (χ0v) is 11.1. The molecule has 1 heterocycles. The van der Waals surface area contributed by atoms with E-state index in [4.69, 9.17) is 0 Å². The SMILES string of the molecule is Cc1ccc2cc(C)n(-c3ccccc3)c(=O)c2c1. The molecule has 0 unspecified atom stereocenters. The minimum Gasteiger partial charge on any atom is -0.281 e. The molecular formula is C17H15NO. The van der Waals surface area contributed by atoms with Gasteiger partial charge in [0.2, 0.25) is 0 Å². The van der Waals surface area contributed by atoms with Crippen molar-refractivity contribution in [1.82, 2.24) is 4.57 Å². The second-order valence-corrected chi connectivity index (χ2v) is 4.85. The first-order chi connectivity index (χ1) is 9.16. The highest BCUT2D eigenvalue weighted by Crippen LogP contribution is 2.16. The second-order valence-electron chi connectivity index (χ2n) is 4.85. The molecule has 2 heteroatoms. The third-order valence-corrected chi connectivity index (χ3v) is 3.37. The number of rotatable bonds is 1. The normalized spacial score (nSPS) is 10.8. The predicted octanol–water partition coefficient (Wildman–Crippen LogP) is 3.61. The van der Waals surface area contributed by atoms with Crippen LogP contribution in [0.2, 0.25) is 0 Å². The Hall–Kier alpha value is -2.35. The highest BCUT2D eigenvalue weighted by atomic mass is 16.1. The van der Waals surface area contributed by atoms with Crippen LogP contribution >= 0.6 is 0 Å². The van der Waals surface area contributed by atoms with E-state index < -0.39 is 0 Å². The summed E-state index contributed by atoms with van der Waals surface area (Å²) in [6.45, 7) is 3.97. The van der Waals surface area contributed by atoms with Crippen LogP contribution in [0, 0.1) is 13.8 Å². The van der Waals surface area contributed by atoms with Crippen molar-refractivity contribution in [1.29, 1.82) is 0 Å². The molecule has 3 aromatic rings. The Morgan fingerprint density at radius 3 is 2.37 bits per heavy atom. The summed E-state index contributed by atoms with van der Waals surface area (Å²) in [4.78, 5) is 12.7. The fourth-order valence-corrected chi connectivity index (χ4v) is 2.45. The van der Waals surface area contributed by atoms with Crippen molar-refractivity contribution in [3.05, 3.63) is 76.2 Å². The van der Waals surface area contributed by atoms with Gasteiger partial charge in [-0.1, -0.05) is 35.9 Å². The Morgan fingerprint density at radius 2 is 1.63 bits per heavy atom. The lowest BCUT2D eigenvalue weighted by Crippen LogP contribution is -2.20. The summed E-state index contributed by atoms with van der Waals surface area (Å²) in [5.41, 5.74) is 3.01. The van der Waals surface area contributed by atoms with Crippen molar-refractivity contribution in [2.45, 2.75) is 13.8 Å². The lowest BCUT2D eigenvalue weighted by Gasteiger charge is -2.11. The molecule has 1 aromatic heterocycles. The van der Waals surface area contributed by atoms with Gasteiger partial charge >= 0.3 is 0 Å². The van der Waals surface area contributed by atoms with Crippen LogP contribution in [-0.4, -0.2) is 4.57 Å². The fourth-order valence-electron chi connectivity index (χ4n) is 2.45. The molecule has 2 nitrogen and oxygen atoms in total. The van der Waals surface area contributed by atoms with E-state index in [-0.39, 0.29) is 5.56 Å². The first kappa shape index (κ1) is 11.7. The maximum atomic E-state index is 12.7. The summed E-state index contributed by atoms with van der Waals surface area (Å²) in [6.07, 6.45) is 0. The van der Waals surface area contributed by atoms with Gasteiger partial charge in [-0.15, -0.1) is 0 Å². The minimum absolute atomic E-state index is 0.0462. The number of fused-ring (bicyclic) bond motifs is 1. The third-order valence-electron chi connectivity index (χ3n) is 3.37. The van der Waals surface area contributed by atoms with Crippen LogP contribution in [0.1, 0.15) is 11.3 Å². The molecule has 0 aliphatic rings. The van der Waals surface area contributed by atoms with Crippen molar-refractivity contribution >= 4 is 10.8 Å². The average Bonchev–Trinajstić information content (AvgIpc) is 2.41. The van der Waals surface area contributed by atoms with E-state index in [1.165, 1.54) is 0 Å². The topological polar surface area (TPSA) is 22.0 Å². The van der Waals surface area contributed by atoms with E-state index in [9.17, 15) is 4.79 Å². The van der Waals surface area contributed by atoms with E-state index in [0.29, 0.717) is 0 Å². The summed E-state index contributed by atoms with van der Waals surface area (Å²) in [5, 5.41) is 1.77. The first-order valence-electron chi connectivity index (χ1n) is 6.35. The summed E-state index contributed by atoms with van der Waals surface area (Å²) in [7, 11) is 0. The Labute approximate surface area is 111 Å². The molecule has 0 aliphatic carbocycles. The van der Waals surface area contributed by atoms with Gasteiger partial charge in [0.25, 0.3) is 5.56 Å². The van der Waals surface area contributed by atoms with Crippen molar-refractivity contribution < 1.29 is 0 Å². The fraction of sp³-hybridized carbons (Fsp3) is 0.118. The van der Waals surface area contributed by atoms with Crippen LogP contribution in [0.4, 0.5) is 0 Å². The molecule has 94 valence electrons. The molecule has 0 amide bonds. The van der Waals surface area contributed by atoms with Crippen LogP contribution in [0.15, 0.2) is 59.4 Å².